The van der Waals surface area contributed by atoms with E-state index in [-0.39, 0.29) is 12.6 Å². The first-order chi connectivity index (χ1) is 20.7. The second-order valence-corrected chi connectivity index (χ2v) is 12.3. The molecule has 0 rings (SSSR count). The van der Waals surface area contributed by atoms with Crippen LogP contribution in [0.2, 0.25) is 0 Å². The fourth-order valence-corrected chi connectivity index (χ4v) is 5.19. The summed E-state index contributed by atoms with van der Waals surface area (Å²) in [5.41, 5.74) is 0. The van der Waals surface area contributed by atoms with Crippen LogP contribution >= 0.6 is 0 Å². The normalized spacial score (nSPS) is 12.5. The summed E-state index contributed by atoms with van der Waals surface area (Å²) >= 11 is 0. The minimum atomic E-state index is -0.535. The van der Waals surface area contributed by atoms with Crippen LogP contribution in [0.1, 0.15) is 187 Å². The molecule has 0 aliphatic carbocycles. The summed E-state index contributed by atoms with van der Waals surface area (Å²) in [7, 11) is 0. The lowest BCUT2D eigenvalue weighted by Gasteiger charge is -2.15. The highest BCUT2D eigenvalue weighted by atomic mass is 16.6. The van der Waals surface area contributed by atoms with Gasteiger partial charge in [0.15, 0.2) is 0 Å². The van der Waals surface area contributed by atoms with E-state index in [0.717, 1.165) is 19.3 Å². The van der Waals surface area contributed by atoms with Gasteiger partial charge in [0.25, 0.3) is 0 Å². The standard InChI is InChI=1S/C38H72O4/c1-3-5-7-9-11-13-15-16-17-18-19-20-21-22-24-26-28-30-32-34-41-36-37(35-39)42-38(40)33-31-29-27-25-23-14-12-10-8-6-4-2/h10,12,17-18,37,39H,3-9,11,13-16,19-36H2,1-2H3/b12-10-,18-17-. The molecule has 0 fully saturated rings. The van der Waals surface area contributed by atoms with Crippen molar-refractivity contribution in [1.82, 2.24) is 0 Å². The number of aliphatic hydroxyl groups excluding tert-OH is 1. The summed E-state index contributed by atoms with van der Waals surface area (Å²) in [6.45, 7) is 5.30. The Hall–Kier alpha value is -1.13. The molecular weight excluding hydrogens is 520 g/mol. The van der Waals surface area contributed by atoms with Crippen LogP contribution < -0.4 is 0 Å². The van der Waals surface area contributed by atoms with Crippen LogP contribution in [0.15, 0.2) is 24.3 Å². The molecule has 0 amide bonds. The van der Waals surface area contributed by atoms with Crippen molar-refractivity contribution in [2.45, 2.75) is 193 Å². The number of esters is 1. The van der Waals surface area contributed by atoms with Gasteiger partial charge in [0.05, 0.1) is 13.2 Å². The van der Waals surface area contributed by atoms with Crippen LogP contribution in [0.4, 0.5) is 0 Å². The average molecular weight is 593 g/mol. The van der Waals surface area contributed by atoms with Gasteiger partial charge in [-0.2, -0.15) is 0 Å². The number of hydrogen-bond acceptors (Lipinski definition) is 4. The topological polar surface area (TPSA) is 55.8 Å². The van der Waals surface area contributed by atoms with Crippen molar-refractivity contribution in [3.63, 3.8) is 0 Å². The quantitative estimate of drug-likeness (QED) is 0.0459. The fraction of sp³-hybridized carbons (Fsp3) is 0.868. The number of carbonyl (C=O) groups is 1. The number of unbranched alkanes of at least 4 members (excludes halogenated alkanes) is 22. The third-order valence-electron chi connectivity index (χ3n) is 8.00. The SMILES string of the molecule is CCCC/C=C\CCCCCCCC(=O)OC(CO)COCCCCCCCCCC/C=C\CCCCCCCCC. The molecule has 42 heavy (non-hydrogen) atoms. The van der Waals surface area contributed by atoms with E-state index in [4.69, 9.17) is 9.47 Å². The second-order valence-electron chi connectivity index (χ2n) is 12.3. The number of hydrogen-bond donors (Lipinski definition) is 1. The molecule has 0 aromatic heterocycles. The van der Waals surface area contributed by atoms with Crippen molar-refractivity contribution < 1.29 is 19.4 Å². The third kappa shape index (κ3) is 33.4. The van der Waals surface area contributed by atoms with Crippen LogP contribution in [0.3, 0.4) is 0 Å². The van der Waals surface area contributed by atoms with Crippen LogP contribution in [0.25, 0.3) is 0 Å². The molecule has 0 radical (unpaired) electrons. The van der Waals surface area contributed by atoms with Crippen molar-refractivity contribution in [3.8, 4) is 0 Å². The first-order valence-electron chi connectivity index (χ1n) is 18.4. The average Bonchev–Trinajstić information content (AvgIpc) is 3.00. The lowest BCUT2D eigenvalue weighted by molar-refractivity contribution is -0.154. The Kier molecular flexibility index (Phi) is 35.1. The molecule has 0 aliphatic rings. The first kappa shape index (κ1) is 40.9. The van der Waals surface area contributed by atoms with Crippen LogP contribution in [0, 0.1) is 0 Å². The summed E-state index contributed by atoms with van der Waals surface area (Å²) in [5, 5.41) is 9.53. The van der Waals surface area contributed by atoms with Crippen molar-refractivity contribution in [2.24, 2.45) is 0 Å². The van der Waals surface area contributed by atoms with Crippen LogP contribution in [-0.2, 0) is 14.3 Å². The Balaban J connectivity index is 3.41. The van der Waals surface area contributed by atoms with Gasteiger partial charge in [-0.15, -0.1) is 0 Å². The molecule has 248 valence electrons. The minimum absolute atomic E-state index is 0.174. The summed E-state index contributed by atoms with van der Waals surface area (Å²) < 4.78 is 11.1. The van der Waals surface area contributed by atoms with Crippen molar-refractivity contribution >= 4 is 5.97 Å². The molecule has 0 bridgehead atoms. The maximum atomic E-state index is 12.1. The van der Waals surface area contributed by atoms with Crippen LogP contribution in [0.5, 0.6) is 0 Å². The monoisotopic (exact) mass is 593 g/mol. The molecule has 4 heteroatoms. The van der Waals surface area contributed by atoms with Crippen molar-refractivity contribution in [1.29, 1.82) is 0 Å². The Morgan fingerprint density at radius 2 is 0.952 bits per heavy atom. The predicted octanol–water partition coefficient (Wildman–Crippen LogP) is 11.6. The summed E-state index contributed by atoms with van der Waals surface area (Å²) in [6, 6.07) is 0. The Morgan fingerprint density at radius 1 is 0.548 bits per heavy atom. The van der Waals surface area contributed by atoms with Gasteiger partial charge in [-0.05, 0) is 57.8 Å². The Labute approximate surface area is 262 Å². The van der Waals surface area contributed by atoms with E-state index in [2.05, 4.69) is 38.2 Å². The zero-order chi connectivity index (χ0) is 30.6. The van der Waals surface area contributed by atoms with Crippen molar-refractivity contribution in [2.75, 3.05) is 19.8 Å². The Morgan fingerprint density at radius 3 is 1.43 bits per heavy atom. The molecule has 1 unspecified atom stereocenters. The lowest BCUT2D eigenvalue weighted by atomic mass is 10.1. The maximum absolute atomic E-state index is 12.1. The second kappa shape index (κ2) is 36.1. The molecule has 0 heterocycles. The van der Waals surface area contributed by atoms with Crippen LogP contribution in [-0.4, -0.2) is 37.0 Å². The highest BCUT2D eigenvalue weighted by molar-refractivity contribution is 5.69. The summed E-state index contributed by atoms with van der Waals surface area (Å²) in [5.74, 6) is -0.212. The van der Waals surface area contributed by atoms with E-state index >= 15 is 0 Å². The lowest BCUT2D eigenvalue weighted by Crippen LogP contribution is -2.27. The molecule has 0 spiro atoms. The van der Waals surface area contributed by atoms with E-state index in [9.17, 15) is 9.90 Å². The summed E-state index contributed by atoms with van der Waals surface area (Å²) in [4.78, 5) is 12.1. The number of allylic oxidation sites excluding steroid dienone is 4. The number of carbonyl (C=O) groups excluding carboxylic acids is 1. The van der Waals surface area contributed by atoms with E-state index < -0.39 is 6.10 Å². The van der Waals surface area contributed by atoms with Gasteiger partial charge < -0.3 is 14.6 Å². The smallest absolute Gasteiger partial charge is 0.306 e. The molecular formula is C38H72O4. The van der Waals surface area contributed by atoms with Gasteiger partial charge in [-0.1, -0.05) is 147 Å². The fourth-order valence-electron chi connectivity index (χ4n) is 5.19. The van der Waals surface area contributed by atoms with E-state index in [1.165, 1.54) is 148 Å². The number of ether oxygens (including phenoxy) is 2. The highest BCUT2D eigenvalue weighted by Gasteiger charge is 2.13. The third-order valence-corrected chi connectivity index (χ3v) is 8.00. The molecule has 4 nitrogen and oxygen atoms in total. The van der Waals surface area contributed by atoms with E-state index in [1.54, 1.807) is 0 Å². The molecule has 0 saturated heterocycles. The largest absolute Gasteiger partial charge is 0.457 e. The Bertz CT molecular complexity index is 586. The van der Waals surface area contributed by atoms with Gasteiger partial charge in [0.2, 0.25) is 0 Å². The molecule has 0 aromatic rings. The summed E-state index contributed by atoms with van der Waals surface area (Å²) in [6.07, 6.45) is 42.2. The van der Waals surface area contributed by atoms with Crippen molar-refractivity contribution in [3.05, 3.63) is 24.3 Å². The molecule has 1 atom stereocenters. The van der Waals surface area contributed by atoms with Gasteiger partial charge in [0, 0.05) is 13.0 Å². The zero-order valence-corrected chi connectivity index (χ0v) is 28.3. The molecule has 1 N–H and O–H groups in total. The zero-order valence-electron chi connectivity index (χ0n) is 28.3. The van der Waals surface area contributed by atoms with Gasteiger partial charge in [-0.3, -0.25) is 4.79 Å². The number of rotatable bonds is 34. The molecule has 0 aromatic carbocycles. The first-order valence-corrected chi connectivity index (χ1v) is 18.4. The predicted molar refractivity (Wildman–Crippen MR) is 182 cm³/mol. The highest BCUT2D eigenvalue weighted by Crippen LogP contribution is 2.12. The molecule has 0 saturated carbocycles. The van der Waals surface area contributed by atoms with E-state index in [1.807, 2.05) is 0 Å². The van der Waals surface area contributed by atoms with E-state index in [0.29, 0.717) is 19.6 Å². The molecule has 0 aliphatic heterocycles. The van der Waals surface area contributed by atoms with Gasteiger partial charge in [-0.25, -0.2) is 0 Å². The number of aliphatic hydroxyl groups is 1. The minimum Gasteiger partial charge on any atom is -0.457 e. The van der Waals surface area contributed by atoms with Gasteiger partial charge >= 0.3 is 5.97 Å². The maximum Gasteiger partial charge on any atom is 0.306 e. The van der Waals surface area contributed by atoms with Gasteiger partial charge in [0.1, 0.15) is 6.10 Å².